The first-order chi connectivity index (χ1) is 12.6. The van der Waals surface area contributed by atoms with E-state index in [0.29, 0.717) is 31.0 Å². The number of rotatable bonds is 3. The number of carbonyl (C=O) groups excluding carboxylic acids is 1. The Hall–Kier alpha value is -2.85. The van der Waals surface area contributed by atoms with Gasteiger partial charge in [0.1, 0.15) is 5.69 Å². The zero-order chi connectivity index (χ0) is 18.1. The van der Waals surface area contributed by atoms with Crippen molar-refractivity contribution in [1.82, 2.24) is 15.1 Å². The Balaban J connectivity index is 1.39. The highest BCUT2D eigenvalue weighted by Gasteiger charge is 2.47. The van der Waals surface area contributed by atoms with Gasteiger partial charge in [-0.25, -0.2) is 0 Å². The number of carbonyl (C=O) groups is 1. The maximum atomic E-state index is 12.6. The van der Waals surface area contributed by atoms with Gasteiger partial charge in [-0.2, -0.15) is 10.4 Å². The van der Waals surface area contributed by atoms with Crippen molar-refractivity contribution in [2.24, 2.45) is 0 Å². The minimum atomic E-state index is -0.286. The molecule has 2 unspecified atom stereocenters. The van der Waals surface area contributed by atoms with E-state index in [0.717, 1.165) is 24.2 Å². The summed E-state index contributed by atoms with van der Waals surface area (Å²) in [6.45, 7) is 3.75. The molecule has 1 amide bonds. The normalized spacial score (nSPS) is 24.8. The molecular weight excluding hydrogens is 330 g/mol. The fourth-order valence-electron chi connectivity index (χ4n) is 3.84. The van der Waals surface area contributed by atoms with Crippen molar-refractivity contribution in [2.75, 3.05) is 25.0 Å². The molecule has 0 aliphatic carbocycles. The Morgan fingerprint density at radius 1 is 1.50 bits per heavy atom. The molecule has 2 N–H and O–H groups in total. The van der Waals surface area contributed by atoms with Crippen LogP contribution in [-0.4, -0.2) is 52.3 Å². The lowest BCUT2D eigenvalue weighted by Crippen LogP contribution is -2.36. The van der Waals surface area contributed by atoms with Crippen LogP contribution >= 0.6 is 0 Å². The Kier molecular flexibility index (Phi) is 4.13. The number of aromatic nitrogens is 2. The Labute approximate surface area is 152 Å². The van der Waals surface area contributed by atoms with Gasteiger partial charge in [0.2, 0.25) is 0 Å². The second-order valence-electron chi connectivity index (χ2n) is 7.14. The number of anilines is 1. The Morgan fingerprint density at radius 2 is 2.38 bits per heavy atom. The molecule has 134 valence electrons. The minimum absolute atomic E-state index is 0.0482. The van der Waals surface area contributed by atoms with Crippen molar-refractivity contribution in [3.63, 3.8) is 0 Å². The zero-order valence-corrected chi connectivity index (χ0v) is 14.7. The van der Waals surface area contributed by atoms with E-state index in [1.54, 1.807) is 12.1 Å². The number of hydrogen-bond acceptors (Lipinski definition) is 5. The molecule has 3 heterocycles. The van der Waals surface area contributed by atoms with Crippen LogP contribution in [-0.2, 0) is 4.74 Å². The average Bonchev–Trinajstić information content (AvgIpc) is 3.36. The number of nitrogens with one attached hydrogen (secondary N) is 2. The van der Waals surface area contributed by atoms with Crippen LogP contribution in [0.25, 0.3) is 0 Å². The van der Waals surface area contributed by atoms with E-state index >= 15 is 0 Å². The summed E-state index contributed by atoms with van der Waals surface area (Å²) in [4.78, 5) is 14.4. The predicted molar refractivity (Wildman–Crippen MR) is 95.7 cm³/mol. The minimum Gasteiger partial charge on any atom is -0.380 e. The van der Waals surface area contributed by atoms with Crippen molar-refractivity contribution in [1.29, 1.82) is 5.26 Å². The maximum Gasteiger partial charge on any atom is 0.274 e. The van der Waals surface area contributed by atoms with Crippen LogP contribution in [0.1, 0.15) is 34.6 Å². The Bertz CT molecular complexity index is 871. The summed E-state index contributed by atoms with van der Waals surface area (Å²) in [7, 11) is 0. The van der Waals surface area contributed by atoms with Crippen LogP contribution < -0.4 is 5.32 Å². The number of likely N-dealkylation sites (tertiary alicyclic amines) is 1. The number of nitriles is 1. The molecular formula is C19H21N5O2. The summed E-state index contributed by atoms with van der Waals surface area (Å²) >= 11 is 0. The smallest absolute Gasteiger partial charge is 0.274 e. The monoisotopic (exact) mass is 351 g/mol. The van der Waals surface area contributed by atoms with Crippen molar-refractivity contribution in [3.8, 4) is 6.07 Å². The summed E-state index contributed by atoms with van der Waals surface area (Å²) in [5, 5.41) is 19.4. The SMILES string of the molecule is Cc1cc(C(=O)N2CCC3(CC(Nc4cccc(C#N)c4)CO3)C2)n[nH]1. The topological polar surface area (TPSA) is 94.0 Å². The van der Waals surface area contributed by atoms with E-state index in [1.807, 2.05) is 30.0 Å². The van der Waals surface area contributed by atoms with Crippen molar-refractivity contribution in [3.05, 3.63) is 47.3 Å². The number of amides is 1. The van der Waals surface area contributed by atoms with Gasteiger partial charge in [-0.15, -0.1) is 0 Å². The fourth-order valence-corrected chi connectivity index (χ4v) is 3.84. The van der Waals surface area contributed by atoms with E-state index in [4.69, 9.17) is 10.00 Å². The predicted octanol–water partition coefficient (Wildman–Crippen LogP) is 2.08. The molecule has 26 heavy (non-hydrogen) atoms. The molecule has 7 nitrogen and oxygen atoms in total. The number of hydrogen-bond donors (Lipinski definition) is 2. The van der Waals surface area contributed by atoms with Gasteiger partial charge < -0.3 is 15.0 Å². The quantitative estimate of drug-likeness (QED) is 0.883. The molecule has 2 aliphatic heterocycles. The number of nitrogens with zero attached hydrogens (tertiary/aromatic N) is 3. The molecule has 1 spiro atoms. The molecule has 1 aromatic heterocycles. The van der Waals surface area contributed by atoms with Crippen LogP contribution in [0, 0.1) is 18.3 Å². The third kappa shape index (κ3) is 3.16. The summed E-state index contributed by atoms with van der Waals surface area (Å²) < 4.78 is 6.11. The van der Waals surface area contributed by atoms with Crippen LogP contribution in [0.2, 0.25) is 0 Å². The van der Waals surface area contributed by atoms with Gasteiger partial charge in [-0.05, 0) is 37.6 Å². The lowest BCUT2D eigenvalue weighted by atomic mass is 9.97. The van der Waals surface area contributed by atoms with Gasteiger partial charge >= 0.3 is 0 Å². The standard InChI is InChI=1S/C19H21N5O2/c1-13-7-17(23-22-13)18(25)24-6-5-19(12-24)9-16(11-26-19)21-15-4-2-3-14(8-15)10-20/h2-4,7-8,16,21H,5-6,9,11-12H2,1H3,(H,22,23). The van der Waals surface area contributed by atoms with Gasteiger partial charge in [0.05, 0.1) is 36.4 Å². The Morgan fingerprint density at radius 3 is 3.15 bits per heavy atom. The second kappa shape index (κ2) is 6.46. The molecule has 1 aromatic carbocycles. The molecule has 2 aromatic rings. The van der Waals surface area contributed by atoms with Gasteiger partial charge in [0.25, 0.3) is 5.91 Å². The molecule has 4 rings (SSSR count). The first kappa shape index (κ1) is 16.6. The lowest BCUT2D eigenvalue weighted by molar-refractivity contribution is 0.0124. The lowest BCUT2D eigenvalue weighted by Gasteiger charge is -2.23. The molecule has 7 heteroatoms. The summed E-state index contributed by atoms with van der Waals surface area (Å²) in [5.41, 5.74) is 2.61. The maximum absolute atomic E-state index is 12.6. The third-order valence-corrected chi connectivity index (χ3v) is 5.10. The van der Waals surface area contributed by atoms with Crippen molar-refractivity contribution >= 4 is 11.6 Å². The average molecular weight is 351 g/mol. The highest BCUT2D eigenvalue weighted by molar-refractivity contribution is 5.92. The third-order valence-electron chi connectivity index (χ3n) is 5.10. The van der Waals surface area contributed by atoms with E-state index < -0.39 is 0 Å². The first-order valence-electron chi connectivity index (χ1n) is 8.79. The fraction of sp³-hybridized carbons (Fsp3) is 0.421. The number of ether oxygens (including phenoxy) is 1. The molecule has 2 aliphatic rings. The van der Waals surface area contributed by atoms with Crippen LogP contribution in [0.15, 0.2) is 30.3 Å². The summed E-state index contributed by atoms with van der Waals surface area (Å²) in [6.07, 6.45) is 1.67. The first-order valence-corrected chi connectivity index (χ1v) is 8.79. The number of aromatic amines is 1. The molecule has 2 fully saturated rings. The van der Waals surface area contributed by atoms with Gasteiger partial charge in [0.15, 0.2) is 0 Å². The van der Waals surface area contributed by atoms with Crippen molar-refractivity contribution < 1.29 is 9.53 Å². The van der Waals surface area contributed by atoms with Crippen LogP contribution in [0.3, 0.4) is 0 Å². The van der Waals surface area contributed by atoms with E-state index in [9.17, 15) is 4.79 Å². The highest BCUT2D eigenvalue weighted by atomic mass is 16.5. The summed E-state index contributed by atoms with van der Waals surface area (Å²) in [5.74, 6) is -0.0482. The molecule has 0 saturated carbocycles. The molecule has 2 atom stereocenters. The van der Waals surface area contributed by atoms with E-state index in [2.05, 4.69) is 21.6 Å². The van der Waals surface area contributed by atoms with Gasteiger partial charge in [-0.3, -0.25) is 9.89 Å². The molecule has 0 bridgehead atoms. The largest absolute Gasteiger partial charge is 0.380 e. The number of benzene rings is 1. The summed E-state index contributed by atoms with van der Waals surface area (Å²) in [6, 6.07) is 11.6. The van der Waals surface area contributed by atoms with Crippen molar-refractivity contribution in [2.45, 2.75) is 31.4 Å². The number of H-pyrrole nitrogens is 1. The zero-order valence-electron chi connectivity index (χ0n) is 14.7. The van der Waals surface area contributed by atoms with E-state index in [-0.39, 0.29) is 17.6 Å². The molecule has 0 radical (unpaired) electrons. The number of aryl methyl sites for hydroxylation is 1. The van der Waals surface area contributed by atoms with Gasteiger partial charge in [-0.1, -0.05) is 6.07 Å². The van der Waals surface area contributed by atoms with Crippen LogP contribution in [0.4, 0.5) is 5.69 Å². The second-order valence-corrected chi connectivity index (χ2v) is 7.14. The van der Waals surface area contributed by atoms with Crippen LogP contribution in [0.5, 0.6) is 0 Å². The molecule has 2 saturated heterocycles. The van der Waals surface area contributed by atoms with Gasteiger partial charge in [0, 0.05) is 24.3 Å². The highest BCUT2D eigenvalue weighted by Crippen LogP contribution is 2.36. The van der Waals surface area contributed by atoms with E-state index in [1.165, 1.54) is 0 Å².